The van der Waals surface area contributed by atoms with Crippen molar-refractivity contribution < 1.29 is 5.11 Å². The molecule has 3 N–H and O–H groups in total. The number of hydrogen-bond donors (Lipinski definition) is 2. The highest BCUT2D eigenvalue weighted by molar-refractivity contribution is 5.52. The lowest BCUT2D eigenvalue weighted by Crippen LogP contribution is -2.46. The summed E-state index contributed by atoms with van der Waals surface area (Å²) in [4.78, 5) is 0. The maximum absolute atomic E-state index is 11.0. The number of aliphatic hydroxyl groups excluding tert-OH is 1. The molecule has 0 heterocycles. The Hall–Kier alpha value is -2.42. The summed E-state index contributed by atoms with van der Waals surface area (Å²) in [6.45, 7) is 0.179. The van der Waals surface area contributed by atoms with Crippen LogP contribution in [0.2, 0.25) is 0 Å². The van der Waals surface area contributed by atoms with Crippen molar-refractivity contribution in [1.29, 1.82) is 0 Å². The van der Waals surface area contributed by atoms with E-state index in [0.29, 0.717) is 0 Å². The molecule has 116 valence electrons. The minimum Gasteiger partial charge on any atom is -0.390 e. The van der Waals surface area contributed by atoms with E-state index >= 15 is 0 Å². The molecule has 1 atom stereocenters. The summed E-state index contributed by atoms with van der Waals surface area (Å²) in [5.41, 5.74) is 8.35. The normalized spacial score (nSPS) is 12.8. The molecule has 2 nitrogen and oxygen atoms in total. The van der Waals surface area contributed by atoms with Gasteiger partial charge in [-0.25, -0.2) is 0 Å². The molecule has 0 saturated heterocycles. The van der Waals surface area contributed by atoms with Gasteiger partial charge in [0.25, 0.3) is 0 Å². The van der Waals surface area contributed by atoms with Gasteiger partial charge in [-0.2, -0.15) is 0 Å². The molecule has 0 aliphatic carbocycles. The van der Waals surface area contributed by atoms with Crippen molar-refractivity contribution in [2.24, 2.45) is 5.73 Å². The first kappa shape index (κ1) is 15.5. The van der Waals surface area contributed by atoms with Crippen molar-refractivity contribution in [1.82, 2.24) is 0 Å². The summed E-state index contributed by atoms with van der Waals surface area (Å²) < 4.78 is 0. The topological polar surface area (TPSA) is 46.2 Å². The summed E-state index contributed by atoms with van der Waals surface area (Å²) in [5, 5.41) is 11.0. The van der Waals surface area contributed by atoms with Crippen LogP contribution < -0.4 is 5.73 Å². The molecule has 0 aliphatic rings. The fourth-order valence-corrected chi connectivity index (χ4v) is 3.36. The SMILES string of the molecule is NCC(O)C(c1ccccc1)(c1ccccc1)c1ccccc1. The third kappa shape index (κ3) is 2.67. The molecular formula is C21H21NO. The van der Waals surface area contributed by atoms with Crippen molar-refractivity contribution >= 4 is 0 Å². The standard InChI is InChI=1S/C21H21NO/c22-16-20(23)21(17-10-4-1-5-11-17,18-12-6-2-7-13-18)19-14-8-3-9-15-19/h1-15,20,23H,16,22H2. The Balaban J connectivity index is 2.35. The first-order valence-corrected chi connectivity index (χ1v) is 7.85. The highest BCUT2D eigenvalue weighted by atomic mass is 16.3. The van der Waals surface area contributed by atoms with E-state index in [9.17, 15) is 5.11 Å². The molecule has 0 fully saturated rings. The average molecular weight is 303 g/mol. The highest BCUT2D eigenvalue weighted by Gasteiger charge is 2.42. The van der Waals surface area contributed by atoms with Gasteiger partial charge in [0, 0.05) is 6.54 Å². The van der Waals surface area contributed by atoms with E-state index in [0.717, 1.165) is 16.7 Å². The quantitative estimate of drug-likeness (QED) is 0.710. The lowest BCUT2D eigenvalue weighted by molar-refractivity contribution is 0.129. The van der Waals surface area contributed by atoms with Crippen molar-refractivity contribution in [2.75, 3.05) is 6.54 Å². The van der Waals surface area contributed by atoms with Crippen LogP contribution in [0.15, 0.2) is 91.0 Å². The molecule has 0 saturated carbocycles. The maximum Gasteiger partial charge on any atom is 0.0840 e. The van der Waals surface area contributed by atoms with Gasteiger partial charge in [0.1, 0.15) is 0 Å². The zero-order valence-corrected chi connectivity index (χ0v) is 13.0. The fourth-order valence-electron chi connectivity index (χ4n) is 3.36. The predicted molar refractivity (Wildman–Crippen MR) is 94.3 cm³/mol. The smallest absolute Gasteiger partial charge is 0.0840 e. The van der Waals surface area contributed by atoms with Crippen molar-refractivity contribution in [2.45, 2.75) is 11.5 Å². The molecule has 0 bridgehead atoms. The Bertz CT molecular complexity index is 629. The van der Waals surface area contributed by atoms with Gasteiger partial charge in [0.05, 0.1) is 11.5 Å². The van der Waals surface area contributed by atoms with Crippen LogP contribution in [0.4, 0.5) is 0 Å². The van der Waals surface area contributed by atoms with Gasteiger partial charge in [0.2, 0.25) is 0 Å². The van der Waals surface area contributed by atoms with Gasteiger partial charge >= 0.3 is 0 Å². The molecule has 0 amide bonds. The summed E-state index contributed by atoms with van der Waals surface area (Å²) in [6, 6.07) is 30.3. The van der Waals surface area contributed by atoms with Crippen LogP contribution in [-0.2, 0) is 5.41 Å². The Morgan fingerprint density at radius 3 is 1.22 bits per heavy atom. The summed E-state index contributed by atoms with van der Waals surface area (Å²) in [5.74, 6) is 0. The maximum atomic E-state index is 11.0. The van der Waals surface area contributed by atoms with E-state index in [1.165, 1.54) is 0 Å². The average Bonchev–Trinajstić information content (AvgIpc) is 2.65. The van der Waals surface area contributed by atoms with E-state index in [1.54, 1.807) is 0 Å². The monoisotopic (exact) mass is 303 g/mol. The zero-order chi connectivity index (χ0) is 16.1. The molecule has 0 aliphatic heterocycles. The van der Waals surface area contributed by atoms with Gasteiger partial charge in [-0.15, -0.1) is 0 Å². The molecular weight excluding hydrogens is 282 g/mol. The van der Waals surface area contributed by atoms with Crippen LogP contribution in [0.25, 0.3) is 0 Å². The number of benzene rings is 3. The van der Waals surface area contributed by atoms with E-state index in [2.05, 4.69) is 36.4 Å². The van der Waals surface area contributed by atoms with Crippen LogP contribution in [-0.4, -0.2) is 17.8 Å². The third-order valence-corrected chi connectivity index (χ3v) is 4.41. The van der Waals surface area contributed by atoms with Gasteiger partial charge < -0.3 is 10.8 Å². The zero-order valence-electron chi connectivity index (χ0n) is 13.0. The van der Waals surface area contributed by atoms with Gasteiger partial charge in [0.15, 0.2) is 0 Å². The molecule has 3 aromatic rings. The first-order chi connectivity index (χ1) is 11.3. The molecule has 0 aromatic heterocycles. The summed E-state index contributed by atoms with van der Waals surface area (Å²) in [6.07, 6.45) is -0.727. The Kier molecular flexibility index (Phi) is 4.56. The second kappa shape index (κ2) is 6.78. The molecule has 3 rings (SSSR count). The van der Waals surface area contributed by atoms with Crippen LogP contribution >= 0.6 is 0 Å². The Labute approximate surface area is 137 Å². The summed E-state index contributed by atoms with van der Waals surface area (Å²) >= 11 is 0. The van der Waals surface area contributed by atoms with E-state index in [1.807, 2.05) is 54.6 Å². The van der Waals surface area contributed by atoms with E-state index in [4.69, 9.17) is 5.73 Å². The van der Waals surface area contributed by atoms with Crippen LogP contribution in [0, 0.1) is 0 Å². The number of nitrogens with two attached hydrogens (primary N) is 1. The van der Waals surface area contributed by atoms with Crippen molar-refractivity contribution in [3.05, 3.63) is 108 Å². The molecule has 23 heavy (non-hydrogen) atoms. The third-order valence-electron chi connectivity index (χ3n) is 4.41. The molecule has 2 heteroatoms. The number of rotatable bonds is 5. The largest absolute Gasteiger partial charge is 0.390 e. The highest BCUT2D eigenvalue weighted by Crippen LogP contribution is 2.41. The number of aliphatic hydroxyl groups is 1. The molecule has 1 unspecified atom stereocenters. The van der Waals surface area contributed by atoms with Gasteiger partial charge in [-0.1, -0.05) is 91.0 Å². The van der Waals surface area contributed by atoms with Crippen LogP contribution in [0.3, 0.4) is 0 Å². The Morgan fingerprint density at radius 1 is 0.652 bits per heavy atom. The lowest BCUT2D eigenvalue weighted by Gasteiger charge is -2.39. The minimum absolute atomic E-state index is 0.179. The number of hydrogen-bond acceptors (Lipinski definition) is 2. The summed E-state index contributed by atoms with van der Waals surface area (Å²) in [7, 11) is 0. The molecule has 0 radical (unpaired) electrons. The second-order valence-electron chi connectivity index (χ2n) is 5.66. The minimum atomic E-state index is -0.727. The van der Waals surface area contributed by atoms with E-state index < -0.39 is 11.5 Å². The fraction of sp³-hybridized carbons (Fsp3) is 0.143. The van der Waals surface area contributed by atoms with Crippen molar-refractivity contribution in [3.63, 3.8) is 0 Å². The van der Waals surface area contributed by atoms with Crippen LogP contribution in [0.1, 0.15) is 16.7 Å². The van der Waals surface area contributed by atoms with Crippen molar-refractivity contribution in [3.8, 4) is 0 Å². The lowest BCUT2D eigenvalue weighted by atomic mass is 9.66. The molecule has 0 spiro atoms. The Morgan fingerprint density at radius 2 is 0.957 bits per heavy atom. The second-order valence-corrected chi connectivity index (χ2v) is 5.66. The van der Waals surface area contributed by atoms with E-state index in [-0.39, 0.29) is 6.54 Å². The van der Waals surface area contributed by atoms with Gasteiger partial charge in [-0.3, -0.25) is 0 Å². The molecule has 3 aromatic carbocycles. The predicted octanol–water partition coefficient (Wildman–Crippen LogP) is 3.34. The van der Waals surface area contributed by atoms with Gasteiger partial charge in [-0.05, 0) is 16.7 Å². The van der Waals surface area contributed by atoms with Crippen LogP contribution in [0.5, 0.6) is 0 Å². The first-order valence-electron chi connectivity index (χ1n) is 7.85.